The van der Waals surface area contributed by atoms with Gasteiger partial charge in [0, 0.05) is 42.3 Å². The van der Waals surface area contributed by atoms with Crippen LogP contribution in [-0.4, -0.2) is 48.5 Å². The highest BCUT2D eigenvalue weighted by Gasteiger charge is 2.38. The van der Waals surface area contributed by atoms with Crippen LogP contribution in [0.2, 0.25) is 0 Å². The third-order valence-electron chi connectivity index (χ3n) is 4.14. The average Bonchev–Trinajstić information content (AvgIpc) is 3.17. The van der Waals surface area contributed by atoms with Gasteiger partial charge in [-0.05, 0) is 26.8 Å². The Morgan fingerprint density at radius 3 is 2.40 bits per heavy atom. The number of thiazole rings is 1. The van der Waals surface area contributed by atoms with E-state index in [1.165, 1.54) is 4.88 Å². The van der Waals surface area contributed by atoms with Gasteiger partial charge in [0.15, 0.2) is 0 Å². The van der Waals surface area contributed by atoms with E-state index in [4.69, 9.17) is 9.90 Å². The number of halogens is 3. The van der Waals surface area contributed by atoms with Gasteiger partial charge < -0.3 is 10.4 Å². The molecular formula is C18H21F3N6O2S. The number of carbonyl (C=O) groups is 1. The van der Waals surface area contributed by atoms with E-state index in [-0.39, 0.29) is 0 Å². The lowest BCUT2D eigenvalue weighted by Gasteiger charge is -2.07. The van der Waals surface area contributed by atoms with Crippen molar-refractivity contribution in [1.82, 2.24) is 24.7 Å². The van der Waals surface area contributed by atoms with Crippen molar-refractivity contribution in [2.45, 2.75) is 33.4 Å². The van der Waals surface area contributed by atoms with E-state index in [0.29, 0.717) is 5.95 Å². The highest BCUT2D eigenvalue weighted by molar-refractivity contribution is 7.09. The van der Waals surface area contributed by atoms with Gasteiger partial charge in [0.05, 0.1) is 22.6 Å². The van der Waals surface area contributed by atoms with Gasteiger partial charge in [0.25, 0.3) is 0 Å². The molecule has 0 amide bonds. The summed E-state index contributed by atoms with van der Waals surface area (Å²) in [5.74, 6) is -2.11. The molecule has 0 aromatic carbocycles. The molecule has 8 nitrogen and oxygen atoms in total. The van der Waals surface area contributed by atoms with E-state index in [9.17, 15) is 13.2 Å². The van der Waals surface area contributed by atoms with Crippen LogP contribution >= 0.6 is 11.3 Å². The van der Waals surface area contributed by atoms with Crippen LogP contribution in [0.15, 0.2) is 17.8 Å². The molecule has 0 saturated heterocycles. The third kappa shape index (κ3) is 5.99. The minimum absolute atomic E-state index is 0.646. The molecule has 0 atom stereocenters. The second-order valence-corrected chi connectivity index (χ2v) is 7.21. The first-order valence-electron chi connectivity index (χ1n) is 8.77. The van der Waals surface area contributed by atoms with Crippen molar-refractivity contribution in [3.63, 3.8) is 0 Å². The number of alkyl halides is 3. The first-order chi connectivity index (χ1) is 14.0. The van der Waals surface area contributed by atoms with Crippen molar-refractivity contribution in [2.24, 2.45) is 7.05 Å². The van der Waals surface area contributed by atoms with E-state index in [1.54, 1.807) is 17.5 Å². The molecule has 0 bridgehead atoms. The zero-order chi connectivity index (χ0) is 22.5. The second-order valence-electron chi connectivity index (χ2n) is 6.28. The number of nitrogens with zero attached hydrogens (tertiary/aromatic N) is 5. The van der Waals surface area contributed by atoms with E-state index < -0.39 is 12.1 Å². The van der Waals surface area contributed by atoms with Gasteiger partial charge in [-0.15, -0.1) is 11.3 Å². The SMILES string of the molecule is Cc1ncsc1CCNc1nccc(-c2c(C)nn(C)c2C)n1.O=C(O)C(F)(F)F. The summed E-state index contributed by atoms with van der Waals surface area (Å²) in [7, 11) is 1.95. The number of hydrogen-bond donors (Lipinski definition) is 2. The van der Waals surface area contributed by atoms with Crippen LogP contribution in [0.25, 0.3) is 11.3 Å². The number of anilines is 1. The van der Waals surface area contributed by atoms with Crippen LogP contribution in [-0.2, 0) is 18.3 Å². The van der Waals surface area contributed by atoms with Crippen molar-refractivity contribution >= 4 is 23.3 Å². The molecule has 0 aliphatic rings. The van der Waals surface area contributed by atoms with Gasteiger partial charge in [-0.25, -0.2) is 19.7 Å². The van der Waals surface area contributed by atoms with E-state index in [2.05, 4.69) is 32.3 Å². The molecule has 12 heteroatoms. The van der Waals surface area contributed by atoms with Gasteiger partial charge in [-0.1, -0.05) is 0 Å². The zero-order valence-corrected chi connectivity index (χ0v) is 17.6. The first-order valence-corrected chi connectivity index (χ1v) is 9.65. The lowest BCUT2D eigenvalue weighted by atomic mass is 10.1. The molecule has 0 unspecified atom stereocenters. The average molecular weight is 442 g/mol. The van der Waals surface area contributed by atoms with Crippen molar-refractivity contribution < 1.29 is 23.1 Å². The molecular weight excluding hydrogens is 421 g/mol. The fourth-order valence-corrected chi connectivity index (χ4v) is 3.36. The molecule has 162 valence electrons. The minimum Gasteiger partial charge on any atom is -0.475 e. The largest absolute Gasteiger partial charge is 0.490 e. The highest BCUT2D eigenvalue weighted by atomic mass is 32.1. The maximum Gasteiger partial charge on any atom is 0.490 e. The predicted molar refractivity (Wildman–Crippen MR) is 106 cm³/mol. The normalized spacial score (nSPS) is 11.0. The monoisotopic (exact) mass is 442 g/mol. The summed E-state index contributed by atoms with van der Waals surface area (Å²) >= 11 is 1.69. The second kappa shape index (κ2) is 9.65. The number of carboxylic acids is 1. The number of aryl methyl sites for hydroxylation is 3. The minimum atomic E-state index is -5.08. The lowest BCUT2D eigenvalue weighted by Crippen LogP contribution is -2.21. The Labute approximate surface area is 174 Å². The summed E-state index contributed by atoms with van der Waals surface area (Å²) in [6.07, 6.45) is -2.37. The standard InChI is InChI=1S/C16H20N6S.C2HF3O2/c1-10-14(23-9-19-10)6-8-18-16-17-7-5-13(20-16)15-11(2)21-22(4)12(15)3;3-2(4,5)1(6)7/h5,7,9H,6,8H2,1-4H3,(H,17,18,20);(H,6,7). The maximum absolute atomic E-state index is 10.6. The van der Waals surface area contributed by atoms with Crippen LogP contribution in [0.1, 0.15) is 22.0 Å². The maximum atomic E-state index is 10.6. The Morgan fingerprint density at radius 1 is 1.23 bits per heavy atom. The van der Waals surface area contributed by atoms with Gasteiger partial charge >= 0.3 is 12.1 Å². The molecule has 3 aromatic rings. The molecule has 30 heavy (non-hydrogen) atoms. The molecule has 0 saturated carbocycles. The predicted octanol–water partition coefficient (Wildman–Crippen LogP) is 3.55. The molecule has 0 aliphatic heterocycles. The fraction of sp³-hybridized carbons (Fsp3) is 0.389. The van der Waals surface area contributed by atoms with Gasteiger partial charge in [-0.2, -0.15) is 18.3 Å². The number of aromatic nitrogens is 5. The molecule has 0 fully saturated rings. The van der Waals surface area contributed by atoms with Crippen LogP contribution in [0.3, 0.4) is 0 Å². The number of rotatable bonds is 5. The molecule has 0 spiro atoms. The lowest BCUT2D eigenvalue weighted by molar-refractivity contribution is -0.192. The summed E-state index contributed by atoms with van der Waals surface area (Å²) in [5, 5.41) is 14.9. The Bertz CT molecular complexity index is 1020. The molecule has 3 heterocycles. The zero-order valence-electron chi connectivity index (χ0n) is 16.8. The summed E-state index contributed by atoms with van der Waals surface area (Å²) in [6, 6.07) is 1.93. The van der Waals surface area contributed by atoms with Crippen molar-refractivity contribution in [3.8, 4) is 11.3 Å². The van der Waals surface area contributed by atoms with Gasteiger partial charge in [0.1, 0.15) is 0 Å². The Hall–Kier alpha value is -3.02. The quantitative estimate of drug-likeness (QED) is 0.622. The molecule has 3 aromatic heterocycles. The third-order valence-corrected chi connectivity index (χ3v) is 5.14. The van der Waals surface area contributed by atoms with Crippen LogP contribution < -0.4 is 5.32 Å². The Morgan fingerprint density at radius 2 is 1.90 bits per heavy atom. The summed E-state index contributed by atoms with van der Waals surface area (Å²) in [4.78, 5) is 23.4. The molecule has 2 N–H and O–H groups in total. The van der Waals surface area contributed by atoms with Crippen LogP contribution in [0.4, 0.5) is 19.1 Å². The van der Waals surface area contributed by atoms with E-state index in [0.717, 1.165) is 41.3 Å². The fourth-order valence-electron chi connectivity index (χ4n) is 2.58. The van der Waals surface area contributed by atoms with Gasteiger partial charge in [0.2, 0.25) is 5.95 Å². The van der Waals surface area contributed by atoms with E-state index >= 15 is 0 Å². The molecule has 0 aliphatic carbocycles. The summed E-state index contributed by atoms with van der Waals surface area (Å²) < 4.78 is 33.6. The van der Waals surface area contributed by atoms with Crippen LogP contribution in [0.5, 0.6) is 0 Å². The molecule has 0 radical (unpaired) electrons. The number of hydrogen-bond acceptors (Lipinski definition) is 7. The van der Waals surface area contributed by atoms with Crippen molar-refractivity contribution in [2.75, 3.05) is 11.9 Å². The number of nitrogens with one attached hydrogen (secondary N) is 1. The summed E-state index contributed by atoms with van der Waals surface area (Å²) in [6.45, 7) is 6.88. The smallest absolute Gasteiger partial charge is 0.475 e. The van der Waals surface area contributed by atoms with Crippen molar-refractivity contribution in [3.05, 3.63) is 39.7 Å². The molecule has 3 rings (SSSR count). The van der Waals surface area contributed by atoms with Gasteiger partial charge in [-0.3, -0.25) is 4.68 Å². The van der Waals surface area contributed by atoms with Crippen LogP contribution in [0, 0.1) is 20.8 Å². The number of carboxylic acid groups (broad SMARTS) is 1. The summed E-state index contributed by atoms with van der Waals surface area (Å²) in [5.41, 5.74) is 7.06. The Kier molecular flexibility index (Phi) is 7.48. The van der Waals surface area contributed by atoms with E-state index in [1.807, 2.05) is 37.2 Å². The highest BCUT2D eigenvalue weighted by Crippen LogP contribution is 2.25. The first kappa shape index (κ1) is 23.3. The Balaban J connectivity index is 0.000000396. The topological polar surface area (TPSA) is 106 Å². The van der Waals surface area contributed by atoms with Crippen molar-refractivity contribution in [1.29, 1.82) is 0 Å². The number of aliphatic carboxylic acids is 1.